The molecular weight excluding hydrogens is 260 g/mol. The van der Waals surface area contributed by atoms with Gasteiger partial charge in [-0.2, -0.15) is 0 Å². The maximum Gasteiger partial charge on any atom is 0.270 e. The second-order valence-corrected chi connectivity index (χ2v) is 4.61. The number of nitro groups is 1. The molecule has 0 bridgehead atoms. The van der Waals surface area contributed by atoms with Crippen LogP contribution < -0.4 is 4.90 Å². The van der Waals surface area contributed by atoms with Crippen LogP contribution >= 0.6 is 0 Å². The van der Waals surface area contributed by atoms with Gasteiger partial charge in [-0.3, -0.25) is 14.9 Å². The van der Waals surface area contributed by atoms with Crippen LogP contribution in [0.4, 0.5) is 11.4 Å². The van der Waals surface area contributed by atoms with Crippen molar-refractivity contribution in [2.75, 3.05) is 31.7 Å². The summed E-state index contributed by atoms with van der Waals surface area (Å²) in [7, 11) is 1.66. The molecular formula is C14H16N2O4. The Morgan fingerprint density at radius 2 is 2.30 bits per heavy atom. The van der Waals surface area contributed by atoms with E-state index in [1.165, 1.54) is 17.7 Å². The smallest absolute Gasteiger partial charge is 0.270 e. The van der Waals surface area contributed by atoms with Gasteiger partial charge in [0, 0.05) is 43.6 Å². The van der Waals surface area contributed by atoms with E-state index in [4.69, 9.17) is 4.74 Å². The second-order valence-electron chi connectivity index (χ2n) is 4.61. The Morgan fingerprint density at radius 3 is 2.85 bits per heavy atom. The van der Waals surface area contributed by atoms with Gasteiger partial charge >= 0.3 is 0 Å². The fourth-order valence-electron chi connectivity index (χ4n) is 2.28. The number of hydrogen-bond donors (Lipinski definition) is 0. The Kier molecular flexibility index (Phi) is 4.47. The standard InChI is InChI=1S/C14H16N2O4/c1-20-10-11-4-6-15(7-5-11)14-3-2-13(16(18)19)8-12(14)9-17/h2-4,8-9H,5-7,10H2,1H3. The van der Waals surface area contributed by atoms with Gasteiger partial charge in [0.15, 0.2) is 6.29 Å². The fraction of sp³-hybridized carbons (Fsp3) is 0.357. The predicted molar refractivity (Wildman–Crippen MR) is 75.3 cm³/mol. The topological polar surface area (TPSA) is 72.7 Å². The molecule has 0 N–H and O–H groups in total. The van der Waals surface area contributed by atoms with Crippen LogP contribution in [0.25, 0.3) is 0 Å². The predicted octanol–water partition coefficient (Wildman–Crippen LogP) is 2.19. The minimum Gasteiger partial charge on any atom is -0.380 e. The number of nitrogens with zero attached hydrogens (tertiary/aromatic N) is 2. The Bertz CT molecular complexity index is 554. The number of benzene rings is 1. The van der Waals surface area contributed by atoms with Gasteiger partial charge in [0.25, 0.3) is 5.69 Å². The van der Waals surface area contributed by atoms with Crippen LogP contribution in [0.5, 0.6) is 0 Å². The van der Waals surface area contributed by atoms with Crippen molar-refractivity contribution in [3.63, 3.8) is 0 Å². The minimum absolute atomic E-state index is 0.0662. The summed E-state index contributed by atoms with van der Waals surface area (Å²) >= 11 is 0. The first-order valence-corrected chi connectivity index (χ1v) is 6.31. The number of methoxy groups -OCH3 is 1. The van der Waals surface area contributed by atoms with Gasteiger partial charge in [-0.05, 0) is 18.1 Å². The molecule has 6 heteroatoms. The first-order valence-electron chi connectivity index (χ1n) is 6.31. The number of ether oxygens (including phenoxy) is 1. The maximum atomic E-state index is 11.1. The molecule has 0 saturated heterocycles. The first-order chi connectivity index (χ1) is 9.65. The van der Waals surface area contributed by atoms with Crippen LogP contribution in [0, 0.1) is 10.1 Å². The van der Waals surface area contributed by atoms with Crippen molar-refractivity contribution in [3.8, 4) is 0 Å². The highest BCUT2D eigenvalue weighted by Crippen LogP contribution is 2.26. The van der Waals surface area contributed by atoms with Crippen LogP contribution in [0.3, 0.4) is 0 Å². The molecule has 0 fully saturated rings. The maximum absolute atomic E-state index is 11.1. The quantitative estimate of drug-likeness (QED) is 0.357. The Balaban J connectivity index is 2.21. The largest absolute Gasteiger partial charge is 0.380 e. The lowest BCUT2D eigenvalue weighted by atomic mass is 10.1. The lowest BCUT2D eigenvalue weighted by molar-refractivity contribution is -0.384. The highest BCUT2D eigenvalue weighted by atomic mass is 16.6. The van der Waals surface area contributed by atoms with Crippen molar-refractivity contribution in [2.24, 2.45) is 0 Å². The monoisotopic (exact) mass is 276 g/mol. The number of carbonyl (C=O) groups excluding carboxylic acids is 1. The molecule has 0 saturated carbocycles. The summed E-state index contributed by atoms with van der Waals surface area (Å²) in [5.41, 5.74) is 2.25. The van der Waals surface area contributed by atoms with E-state index in [-0.39, 0.29) is 5.69 Å². The van der Waals surface area contributed by atoms with E-state index in [0.717, 1.165) is 18.7 Å². The number of non-ortho nitro benzene ring substituents is 1. The van der Waals surface area contributed by atoms with Crippen molar-refractivity contribution in [1.82, 2.24) is 0 Å². The zero-order chi connectivity index (χ0) is 14.5. The average Bonchev–Trinajstić information content (AvgIpc) is 2.47. The van der Waals surface area contributed by atoms with Gasteiger partial charge in [0.05, 0.1) is 11.5 Å². The summed E-state index contributed by atoms with van der Waals surface area (Å²) in [4.78, 5) is 23.4. The number of anilines is 1. The van der Waals surface area contributed by atoms with Crippen molar-refractivity contribution in [2.45, 2.75) is 6.42 Å². The first kappa shape index (κ1) is 14.2. The molecule has 1 aromatic carbocycles. The van der Waals surface area contributed by atoms with Crippen LogP contribution in [0.1, 0.15) is 16.8 Å². The molecule has 0 aliphatic carbocycles. The summed E-state index contributed by atoms with van der Waals surface area (Å²) in [6.45, 7) is 2.07. The number of rotatable bonds is 5. The number of hydrogen-bond acceptors (Lipinski definition) is 5. The van der Waals surface area contributed by atoms with E-state index in [1.54, 1.807) is 13.2 Å². The minimum atomic E-state index is -0.496. The summed E-state index contributed by atoms with van der Waals surface area (Å²) in [5.74, 6) is 0. The van der Waals surface area contributed by atoms with Crippen LogP contribution in [0.15, 0.2) is 29.8 Å². The van der Waals surface area contributed by atoms with Crippen molar-refractivity contribution in [1.29, 1.82) is 0 Å². The molecule has 6 nitrogen and oxygen atoms in total. The zero-order valence-electron chi connectivity index (χ0n) is 11.2. The van der Waals surface area contributed by atoms with Gasteiger partial charge in [-0.15, -0.1) is 0 Å². The molecule has 0 aromatic heterocycles. The Morgan fingerprint density at radius 1 is 1.50 bits per heavy atom. The van der Waals surface area contributed by atoms with Gasteiger partial charge in [0.2, 0.25) is 0 Å². The lowest BCUT2D eigenvalue weighted by Crippen LogP contribution is -2.30. The van der Waals surface area contributed by atoms with Gasteiger partial charge in [0.1, 0.15) is 0 Å². The fourth-order valence-corrected chi connectivity index (χ4v) is 2.28. The van der Waals surface area contributed by atoms with Crippen molar-refractivity contribution in [3.05, 3.63) is 45.5 Å². The van der Waals surface area contributed by atoms with Crippen LogP contribution in [-0.2, 0) is 4.74 Å². The van der Waals surface area contributed by atoms with Gasteiger partial charge < -0.3 is 9.64 Å². The van der Waals surface area contributed by atoms with E-state index in [1.807, 2.05) is 4.90 Å². The molecule has 106 valence electrons. The SMILES string of the molecule is COCC1=CCN(c2ccc([N+](=O)[O-])cc2C=O)CC1. The molecule has 1 heterocycles. The second kappa shape index (κ2) is 6.29. The number of carbonyl (C=O) groups is 1. The zero-order valence-corrected chi connectivity index (χ0v) is 11.2. The lowest BCUT2D eigenvalue weighted by Gasteiger charge is -2.29. The average molecular weight is 276 g/mol. The van der Waals surface area contributed by atoms with E-state index in [9.17, 15) is 14.9 Å². The molecule has 0 amide bonds. The van der Waals surface area contributed by atoms with E-state index in [0.29, 0.717) is 25.0 Å². The molecule has 0 radical (unpaired) electrons. The third-order valence-corrected chi connectivity index (χ3v) is 3.32. The third-order valence-electron chi connectivity index (χ3n) is 3.32. The molecule has 0 unspecified atom stereocenters. The van der Waals surface area contributed by atoms with E-state index in [2.05, 4.69) is 6.08 Å². The molecule has 1 aromatic rings. The van der Waals surface area contributed by atoms with Crippen molar-refractivity contribution >= 4 is 17.7 Å². The summed E-state index contributed by atoms with van der Waals surface area (Å²) in [5, 5.41) is 10.7. The Hall–Kier alpha value is -2.21. The molecule has 0 atom stereocenters. The molecule has 0 spiro atoms. The molecule has 1 aliphatic heterocycles. The Labute approximate surface area is 116 Å². The number of aldehydes is 1. The molecule has 20 heavy (non-hydrogen) atoms. The summed E-state index contributed by atoms with van der Waals surface area (Å²) in [6, 6.07) is 4.38. The van der Waals surface area contributed by atoms with Crippen LogP contribution in [0.2, 0.25) is 0 Å². The summed E-state index contributed by atoms with van der Waals surface area (Å²) < 4.78 is 5.09. The highest BCUT2D eigenvalue weighted by molar-refractivity contribution is 5.86. The van der Waals surface area contributed by atoms with Crippen molar-refractivity contribution < 1.29 is 14.5 Å². The highest BCUT2D eigenvalue weighted by Gasteiger charge is 2.17. The van der Waals surface area contributed by atoms with Crippen LogP contribution in [-0.4, -0.2) is 38.0 Å². The van der Waals surface area contributed by atoms with Gasteiger partial charge in [-0.1, -0.05) is 6.08 Å². The summed E-state index contributed by atoms with van der Waals surface area (Å²) in [6.07, 6.45) is 3.60. The normalized spacial score (nSPS) is 14.8. The number of nitro benzene ring substituents is 1. The third kappa shape index (κ3) is 3.03. The molecule has 1 aliphatic rings. The molecule has 2 rings (SSSR count). The van der Waals surface area contributed by atoms with E-state index >= 15 is 0 Å². The van der Waals surface area contributed by atoms with Gasteiger partial charge in [-0.25, -0.2) is 0 Å². The van der Waals surface area contributed by atoms with E-state index < -0.39 is 4.92 Å².